The number of hydrogen-bond acceptors (Lipinski definition) is 4. The van der Waals surface area contributed by atoms with Gasteiger partial charge in [-0.05, 0) is 56.0 Å². The molecule has 0 aliphatic carbocycles. The number of methoxy groups -OCH3 is 1. The van der Waals surface area contributed by atoms with Crippen LogP contribution >= 0.6 is 0 Å². The molecule has 1 aromatic heterocycles. The van der Waals surface area contributed by atoms with E-state index in [4.69, 9.17) is 9.84 Å². The van der Waals surface area contributed by atoms with Gasteiger partial charge < -0.3 is 14.5 Å². The summed E-state index contributed by atoms with van der Waals surface area (Å²) in [7, 11) is 1.60. The SMILES string of the molecule is COc1cccc(C(=O)N2CCC(N3C(=O)c4c(c(C)nn4-c4ccccc4)C3C(C)C)CC2)c1. The fourth-order valence-corrected chi connectivity index (χ4v) is 5.58. The van der Waals surface area contributed by atoms with Gasteiger partial charge in [0.1, 0.15) is 11.4 Å². The number of aryl methyl sites for hydroxylation is 1. The van der Waals surface area contributed by atoms with Crippen LogP contribution in [0.25, 0.3) is 5.69 Å². The Morgan fingerprint density at radius 2 is 1.77 bits per heavy atom. The maximum Gasteiger partial charge on any atom is 0.273 e. The molecule has 5 rings (SSSR count). The van der Waals surface area contributed by atoms with Gasteiger partial charge in [-0.3, -0.25) is 9.59 Å². The molecule has 2 aliphatic heterocycles. The number of fused-ring (bicyclic) bond motifs is 1. The Kier molecular flexibility index (Phi) is 6.09. The normalized spacial score (nSPS) is 18.3. The van der Waals surface area contributed by atoms with Crippen LogP contribution in [0.1, 0.15) is 64.8 Å². The Hall–Kier alpha value is -3.61. The van der Waals surface area contributed by atoms with Crippen molar-refractivity contribution in [3.8, 4) is 11.4 Å². The van der Waals surface area contributed by atoms with Crippen molar-refractivity contribution < 1.29 is 14.3 Å². The van der Waals surface area contributed by atoms with Crippen molar-refractivity contribution in [2.75, 3.05) is 20.2 Å². The third kappa shape index (κ3) is 3.99. The van der Waals surface area contributed by atoms with Crippen molar-refractivity contribution in [1.82, 2.24) is 19.6 Å². The van der Waals surface area contributed by atoms with E-state index in [1.165, 1.54) is 0 Å². The summed E-state index contributed by atoms with van der Waals surface area (Å²) in [4.78, 5) is 31.0. The number of carbonyl (C=O) groups is 2. The molecule has 7 heteroatoms. The second kappa shape index (κ2) is 9.21. The molecule has 1 unspecified atom stereocenters. The van der Waals surface area contributed by atoms with E-state index in [1.807, 2.05) is 65.0 Å². The second-order valence-corrected chi connectivity index (χ2v) is 9.75. The topological polar surface area (TPSA) is 67.7 Å². The molecule has 1 fully saturated rings. The van der Waals surface area contributed by atoms with Crippen LogP contribution in [0.5, 0.6) is 5.75 Å². The summed E-state index contributed by atoms with van der Waals surface area (Å²) in [5, 5.41) is 4.75. The van der Waals surface area contributed by atoms with Gasteiger partial charge in [-0.15, -0.1) is 0 Å². The summed E-state index contributed by atoms with van der Waals surface area (Å²) < 4.78 is 7.08. The smallest absolute Gasteiger partial charge is 0.273 e. The van der Waals surface area contributed by atoms with E-state index in [0.29, 0.717) is 30.1 Å². The van der Waals surface area contributed by atoms with E-state index in [0.717, 1.165) is 29.8 Å². The summed E-state index contributed by atoms with van der Waals surface area (Å²) in [6, 6.07) is 17.2. The van der Waals surface area contributed by atoms with Crippen LogP contribution in [0.2, 0.25) is 0 Å². The Morgan fingerprint density at radius 1 is 1.06 bits per heavy atom. The first kappa shape index (κ1) is 23.1. The predicted octanol–water partition coefficient (Wildman–Crippen LogP) is 4.65. The molecule has 0 spiro atoms. The molecule has 0 bridgehead atoms. The molecule has 0 N–H and O–H groups in total. The van der Waals surface area contributed by atoms with E-state index >= 15 is 0 Å². The first-order chi connectivity index (χ1) is 16.9. The molecule has 2 amide bonds. The van der Waals surface area contributed by atoms with Gasteiger partial charge >= 0.3 is 0 Å². The fourth-order valence-electron chi connectivity index (χ4n) is 5.58. The lowest BCUT2D eigenvalue weighted by atomic mass is 9.93. The first-order valence-electron chi connectivity index (χ1n) is 12.3. The highest BCUT2D eigenvalue weighted by Crippen LogP contribution is 2.44. The number of ether oxygens (including phenoxy) is 1. The number of aromatic nitrogens is 2. The van der Waals surface area contributed by atoms with Crippen molar-refractivity contribution in [2.45, 2.75) is 45.7 Å². The van der Waals surface area contributed by atoms with Gasteiger partial charge in [-0.2, -0.15) is 5.10 Å². The van der Waals surface area contributed by atoms with Gasteiger partial charge in [-0.25, -0.2) is 4.68 Å². The van der Waals surface area contributed by atoms with E-state index in [-0.39, 0.29) is 29.8 Å². The second-order valence-electron chi connectivity index (χ2n) is 9.75. The number of rotatable bonds is 5. The molecule has 1 atom stereocenters. The van der Waals surface area contributed by atoms with Gasteiger partial charge in [0.2, 0.25) is 0 Å². The van der Waals surface area contributed by atoms with Gasteiger partial charge in [0, 0.05) is 30.3 Å². The van der Waals surface area contributed by atoms with Crippen LogP contribution in [0.15, 0.2) is 54.6 Å². The lowest BCUT2D eigenvalue weighted by molar-refractivity contribution is 0.0393. The molecule has 3 aromatic rings. The molecule has 2 aliphatic rings. The maximum atomic E-state index is 13.9. The summed E-state index contributed by atoms with van der Waals surface area (Å²) in [6.45, 7) is 7.58. The zero-order valence-electron chi connectivity index (χ0n) is 20.8. The van der Waals surface area contributed by atoms with Gasteiger partial charge in [0.25, 0.3) is 11.8 Å². The molecule has 2 aromatic carbocycles. The molecule has 1 saturated heterocycles. The van der Waals surface area contributed by atoms with Crippen molar-refractivity contribution in [3.63, 3.8) is 0 Å². The number of carbonyl (C=O) groups excluding carboxylic acids is 2. The zero-order chi connectivity index (χ0) is 24.7. The van der Waals surface area contributed by atoms with Crippen LogP contribution in [0, 0.1) is 12.8 Å². The number of piperidine rings is 1. The average molecular weight is 473 g/mol. The number of likely N-dealkylation sites (tertiary alicyclic amines) is 1. The van der Waals surface area contributed by atoms with E-state index in [9.17, 15) is 9.59 Å². The quantitative estimate of drug-likeness (QED) is 0.542. The minimum Gasteiger partial charge on any atom is -0.497 e. The standard InChI is InChI=1S/C28H32N4O3/c1-18(2)25-24-19(3)29-32(22-10-6-5-7-11-22)26(24)28(34)31(25)21-13-15-30(16-14-21)27(33)20-9-8-12-23(17-20)35-4/h5-12,17-18,21,25H,13-16H2,1-4H3. The van der Waals surface area contributed by atoms with Crippen molar-refractivity contribution in [1.29, 1.82) is 0 Å². The average Bonchev–Trinajstić information content (AvgIpc) is 3.39. The zero-order valence-corrected chi connectivity index (χ0v) is 20.8. The Labute approximate surface area is 206 Å². The molecule has 3 heterocycles. The molecule has 182 valence electrons. The minimum atomic E-state index is -0.0133. The summed E-state index contributed by atoms with van der Waals surface area (Å²) in [5.74, 6) is 0.979. The van der Waals surface area contributed by atoms with Crippen molar-refractivity contribution in [2.24, 2.45) is 5.92 Å². The summed E-state index contributed by atoms with van der Waals surface area (Å²) in [5.41, 5.74) is 4.16. The Morgan fingerprint density at radius 3 is 2.43 bits per heavy atom. The molecule has 0 saturated carbocycles. The third-order valence-electron chi connectivity index (χ3n) is 7.23. The van der Waals surface area contributed by atoms with Crippen LogP contribution in [-0.2, 0) is 0 Å². The number of hydrogen-bond donors (Lipinski definition) is 0. The van der Waals surface area contributed by atoms with Crippen LogP contribution in [0.3, 0.4) is 0 Å². The lowest BCUT2D eigenvalue weighted by Gasteiger charge is -2.40. The van der Waals surface area contributed by atoms with Crippen LogP contribution < -0.4 is 4.74 Å². The van der Waals surface area contributed by atoms with Crippen LogP contribution in [0.4, 0.5) is 0 Å². The number of amides is 2. The highest BCUT2D eigenvalue weighted by Gasteiger charge is 2.47. The van der Waals surface area contributed by atoms with Gasteiger partial charge in [0.15, 0.2) is 0 Å². The lowest BCUT2D eigenvalue weighted by Crippen LogP contribution is -2.49. The number of nitrogens with zero attached hydrogens (tertiary/aromatic N) is 4. The van der Waals surface area contributed by atoms with E-state index < -0.39 is 0 Å². The molecule has 0 radical (unpaired) electrons. The molecule has 35 heavy (non-hydrogen) atoms. The predicted molar refractivity (Wildman–Crippen MR) is 134 cm³/mol. The Balaban J connectivity index is 1.38. The number of para-hydroxylation sites is 1. The van der Waals surface area contributed by atoms with E-state index in [2.05, 4.69) is 18.7 Å². The van der Waals surface area contributed by atoms with Crippen LogP contribution in [-0.4, -0.2) is 57.6 Å². The molecular weight excluding hydrogens is 440 g/mol. The highest BCUT2D eigenvalue weighted by atomic mass is 16.5. The molecule has 7 nitrogen and oxygen atoms in total. The first-order valence-corrected chi connectivity index (χ1v) is 12.3. The molecular formula is C28H32N4O3. The summed E-state index contributed by atoms with van der Waals surface area (Å²) in [6.07, 6.45) is 1.51. The summed E-state index contributed by atoms with van der Waals surface area (Å²) >= 11 is 0. The van der Waals surface area contributed by atoms with Crippen molar-refractivity contribution >= 4 is 11.8 Å². The van der Waals surface area contributed by atoms with E-state index in [1.54, 1.807) is 13.2 Å². The van der Waals surface area contributed by atoms with Gasteiger partial charge in [0.05, 0.1) is 24.5 Å². The largest absolute Gasteiger partial charge is 0.497 e. The Bertz CT molecular complexity index is 1240. The third-order valence-corrected chi connectivity index (χ3v) is 7.23. The van der Waals surface area contributed by atoms with Gasteiger partial charge in [-0.1, -0.05) is 38.1 Å². The van der Waals surface area contributed by atoms with Crippen molar-refractivity contribution in [3.05, 3.63) is 77.1 Å². The maximum absolute atomic E-state index is 13.9. The minimum absolute atomic E-state index is 0.00866. The monoisotopic (exact) mass is 472 g/mol. The highest BCUT2D eigenvalue weighted by molar-refractivity contribution is 5.99. The number of benzene rings is 2. The fraction of sp³-hybridized carbons (Fsp3) is 0.393.